The number of unbranched alkanes of at least 4 members (excludes halogenated alkanes) is 16. The molecule has 0 saturated carbocycles. The predicted molar refractivity (Wildman–Crippen MR) is 132 cm³/mol. The smallest absolute Gasteiger partial charge is 0.156 e. The summed E-state index contributed by atoms with van der Waals surface area (Å²) in [5.74, 6) is 1.02. The Hall–Kier alpha value is 0.620. The monoisotopic (exact) mass is 434 g/mol. The third kappa shape index (κ3) is 22.9. The van der Waals surface area contributed by atoms with Crippen molar-refractivity contribution in [3.05, 3.63) is 0 Å². The van der Waals surface area contributed by atoms with Gasteiger partial charge in [0.15, 0.2) is 6.29 Å². The molecule has 0 heterocycles. The van der Waals surface area contributed by atoms with Crippen LogP contribution in [0.2, 0.25) is 0 Å². The summed E-state index contributed by atoms with van der Waals surface area (Å²) in [6.45, 7) is 2.27. The summed E-state index contributed by atoms with van der Waals surface area (Å²) < 4.78 is 5.62. The molecule has 4 heteroatoms. The summed E-state index contributed by atoms with van der Waals surface area (Å²) >= 11 is 8.73. The second-order valence-corrected chi connectivity index (χ2v) is 9.38. The van der Waals surface area contributed by atoms with Crippen molar-refractivity contribution in [1.29, 1.82) is 0 Å². The molecule has 0 fully saturated rings. The van der Waals surface area contributed by atoms with Crippen molar-refractivity contribution in [2.75, 3.05) is 5.75 Å². The molecule has 170 valence electrons. The van der Waals surface area contributed by atoms with Crippen LogP contribution in [-0.4, -0.2) is 22.6 Å². The number of thiol groups is 2. The minimum absolute atomic E-state index is 0.114. The summed E-state index contributed by atoms with van der Waals surface area (Å²) in [4.78, 5) is 0. The average Bonchev–Trinajstić information content (AvgIpc) is 2.68. The first kappa shape index (κ1) is 28.6. The maximum absolute atomic E-state index is 10.0. The molecule has 0 aliphatic heterocycles. The highest BCUT2D eigenvalue weighted by Gasteiger charge is 2.10. The first-order chi connectivity index (χ1) is 13.7. The molecule has 0 aromatic rings. The summed E-state index contributed by atoms with van der Waals surface area (Å²) in [6.07, 6.45) is 24.6. The molecule has 2 nitrogen and oxygen atoms in total. The molecule has 0 aliphatic rings. The van der Waals surface area contributed by atoms with Crippen molar-refractivity contribution in [3.8, 4) is 0 Å². The van der Waals surface area contributed by atoms with Crippen LogP contribution in [0, 0.1) is 0 Å². The number of aliphatic hydroxyl groups excluding tert-OH is 1. The third-order valence-electron chi connectivity index (χ3n) is 5.48. The normalized spacial score (nSPS) is 13.7. The molecule has 0 rings (SSSR count). The van der Waals surface area contributed by atoms with E-state index < -0.39 is 6.29 Å². The molecule has 2 unspecified atom stereocenters. The Labute approximate surface area is 187 Å². The Morgan fingerprint density at radius 3 is 1.46 bits per heavy atom. The zero-order valence-corrected chi connectivity index (χ0v) is 20.5. The van der Waals surface area contributed by atoms with Gasteiger partial charge in [-0.2, -0.15) is 12.6 Å². The van der Waals surface area contributed by atoms with Crippen molar-refractivity contribution >= 4 is 25.3 Å². The molecular weight excluding hydrogens is 384 g/mol. The number of hydrogen-bond donors (Lipinski definition) is 3. The van der Waals surface area contributed by atoms with Gasteiger partial charge in [-0.15, -0.1) is 12.6 Å². The van der Waals surface area contributed by atoms with E-state index >= 15 is 0 Å². The van der Waals surface area contributed by atoms with E-state index in [0.717, 1.165) is 31.4 Å². The van der Waals surface area contributed by atoms with Gasteiger partial charge in [0, 0.05) is 0 Å². The Morgan fingerprint density at radius 1 is 0.607 bits per heavy atom. The average molecular weight is 435 g/mol. The van der Waals surface area contributed by atoms with E-state index in [9.17, 15) is 5.11 Å². The molecule has 1 N–H and O–H groups in total. The number of hydrogen-bond acceptors (Lipinski definition) is 4. The lowest BCUT2D eigenvalue weighted by molar-refractivity contribution is -0.115. The van der Waals surface area contributed by atoms with Crippen LogP contribution >= 0.6 is 25.3 Å². The van der Waals surface area contributed by atoms with Gasteiger partial charge in [0.05, 0.1) is 0 Å². The minimum Gasteiger partial charge on any atom is -0.368 e. The summed E-state index contributed by atoms with van der Waals surface area (Å²) in [5, 5.41) is 10.0. The van der Waals surface area contributed by atoms with Gasteiger partial charge in [-0.1, -0.05) is 110 Å². The SMILES string of the molecule is CCCCCCCCCCCC(S)OC(O)CCCCCCCCCCCS. The Bertz CT molecular complexity index is 290. The van der Waals surface area contributed by atoms with Gasteiger partial charge < -0.3 is 9.84 Å². The fourth-order valence-electron chi connectivity index (χ4n) is 3.62. The molecule has 0 saturated heterocycles. The van der Waals surface area contributed by atoms with Crippen molar-refractivity contribution in [1.82, 2.24) is 0 Å². The quantitative estimate of drug-likeness (QED) is 0.0857. The minimum atomic E-state index is -0.637. The Morgan fingerprint density at radius 2 is 1.00 bits per heavy atom. The largest absolute Gasteiger partial charge is 0.368 e. The first-order valence-electron chi connectivity index (χ1n) is 12.3. The van der Waals surface area contributed by atoms with Gasteiger partial charge in [-0.3, -0.25) is 0 Å². The van der Waals surface area contributed by atoms with Crippen LogP contribution in [-0.2, 0) is 4.74 Å². The molecule has 2 atom stereocenters. The molecule has 0 spiro atoms. The van der Waals surface area contributed by atoms with E-state index in [4.69, 9.17) is 4.74 Å². The van der Waals surface area contributed by atoms with Crippen LogP contribution in [0.5, 0.6) is 0 Å². The predicted octanol–water partition coefficient (Wildman–Crippen LogP) is 8.33. The van der Waals surface area contributed by atoms with Gasteiger partial charge in [0.2, 0.25) is 0 Å². The highest BCUT2D eigenvalue weighted by Crippen LogP contribution is 2.17. The molecule has 0 aromatic heterocycles. The lowest BCUT2D eigenvalue weighted by Crippen LogP contribution is -2.17. The van der Waals surface area contributed by atoms with Crippen molar-refractivity contribution < 1.29 is 9.84 Å². The number of rotatable bonds is 23. The Balaban J connectivity index is 3.30. The van der Waals surface area contributed by atoms with E-state index in [0.29, 0.717) is 0 Å². The van der Waals surface area contributed by atoms with Gasteiger partial charge in [0.1, 0.15) is 5.44 Å². The zero-order chi connectivity index (χ0) is 20.7. The molecule has 0 aliphatic carbocycles. The van der Waals surface area contributed by atoms with Gasteiger partial charge in [-0.25, -0.2) is 0 Å². The topological polar surface area (TPSA) is 29.5 Å². The molecule has 0 amide bonds. The van der Waals surface area contributed by atoms with Gasteiger partial charge in [-0.05, 0) is 31.4 Å². The maximum atomic E-state index is 10.0. The highest BCUT2D eigenvalue weighted by molar-refractivity contribution is 7.80. The second-order valence-electron chi connectivity index (χ2n) is 8.36. The first-order valence-corrected chi connectivity index (χ1v) is 13.5. The van der Waals surface area contributed by atoms with E-state index in [-0.39, 0.29) is 5.44 Å². The van der Waals surface area contributed by atoms with E-state index in [1.54, 1.807) is 0 Å². The van der Waals surface area contributed by atoms with E-state index in [1.165, 1.54) is 103 Å². The van der Waals surface area contributed by atoms with Gasteiger partial charge >= 0.3 is 0 Å². The van der Waals surface area contributed by atoms with Crippen LogP contribution < -0.4 is 0 Å². The maximum Gasteiger partial charge on any atom is 0.156 e. The summed E-state index contributed by atoms with van der Waals surface area (Å²) in [5.41, 5.74) is -0.114. The van der Waals surface area contributed by atoms with Crippen molar-refractivity contribution in [2.24, 2.45) is 0 Å². The molecule has 0 bridgehead atoms. The number of aliphatic hydroxyl groups is 1. The highest BCUT2D eigenvalue weighted by atomic mass is 32.1. The van der Waals surface area contributed by atoms with Crippen LogP contribution in [0.4, 0.5) is 0 Å². The zero-order valence-electron chi connectivity index (χ0n) is 18.8. The molecule has 0 radical (unpaired) electrons. The lowest BCUT2D eigenvalue weighted by Gasteiger charge is -2.17. The van der Waals surface area contributed by atoms with Crippen molar-refractivity contribution in [2.45, 2.75) is 147 Å². The summed E-state index contributed by atoms with van der Waals surface area (Å²) in [7, 11) is 0. The van der Waals surface area contributed by atoms with Crippen LogP contribution in [0.3, 0.4) is 0 Å². The summed E-state index contributed by atoms with van der Waals surface area (Å²) in [6, 6.07) is 0. The lowest BCUT2D eigenvalue weighted by atomic mass is 10.1. The number of ether oxygens (including phenoxy) is 1. The van der Waals surface area contributed by atoms with Crippen LogP contribution in [0.15, 0.2) is 0 Å². The van der Waals surface area contributed by atoms with Gasteiger partial charge in [0.25, 0.3) is 0 Å². The molecular formula is C24H50O2S2. The fourth-order valence-corrected chi connectivity index (χ4v) is 4.16. The Kier molecular flexibility index (Phi) is 24.4. The van der Waals surface area contributed by atoms with Crippen molar-refractivity contribution in [3.63, 3.8) is 0 Å². The van der Waals surface area contributed by atoms with Crippen LogP contribution in [0.1, 0.15) is 135 Å². The van der Waals surface area contributed by atoms with E-state index in [2.05, 4.69) is 32.2 Å². The fraction of sp³-hybridized carbons (Fsp3) is 1.00. The molecule has 0 aromatic carbocycles. The molecule has 28 heavy (non-hydrogen) atoms. The standard InChI is InChI=1S/C24H50O2S2/c1-2-3-4-5-6-8-12-15-18-21-24(28)26-23(25)20-17-14-11-9-7-10-13-16-19-22-27/h23-25,27-28H,2-22H2,1H3. The second kappa shape index (κ2) is 23.9. The third-order valence-corrected chi connectivity index (χ3v) is 6.17. The van der Waals surface area contributed by atoms with Crippen LogP contribution in [0.25, 0.3) is 0 Å². The van der Waals surface area contributed by atoms with E-state index in [1.807, 2.05) is 0 Å².